The fraction of sp³-hybridized carbons (Fsp3) is 0.357. The van der Waals surface area contributed by atoms with Crippen LogP contribution in [0.1, 0.15) is 43.4 Å². The maximum Gasteiger partial charge on any atom is 0.0913 e. The summed E-state index contributed by atoms with van der Waals surface area (Å²) >= 11 is 3.41. The maximum atomic E-state index is 9.02. The highest BCUT2D eigenvalue weighted by molar-refractivity contribution is 9.10. The van der Waals surface area contributed by atoms with E-state index in [0.29, 0.717) is 12.3 Å². The smallest absolute Gasteiger partial charge is 0.0913 e. The number of rotatable bonds is 4. The molecule has 2 heterocycles. The first-order chi connectivity index (χ1) is 9.11. The van der Waals surface area contributed by atoms with Gasteiger partial charge in [0.2, 0.25) is 0 Å². The third-order valence-corrected chi connectivity index (χ3v) is 3.44. The van der Waals surface area contributed by atoms with Crippen LogP contribution >= 0.6 is 15.9 Å². The van der Waals surface area contributed by atoms with Crippen molar-refractivity contribution in [2.75, 3.05) is 0 Å². The van der Waals surface area contributed by atoms with Crippen molar-refractivity contribution in [1.82, 2.24) is 14.8 Å². The van der Waals surface area contributed by atoms with Crippen LogP contribution in [0.4, 0.5) is 0 Å². The zero-order valence-corrected chi connectivity index (χ0v) is 12.5. The normalized spacial score (nSPS) is 12.4. The predicted octanol–water partition coefficient (Wildman–Crippen LogP) is 3.67. The van der Waals surface area contributed by atoms with Crippen LogP contribution in [0.25, 0.3) is 0 Å². The molecule has 2 aromatic rings. The molecule has 4 nitrogen and oxygen atoms in total. The van der Waals surface area contributed by atoms with E-state index < -0.39 is 0 Å². The van der Waals surface area contributed by atoms with Gasteiger partial charge < -0.3 is 0 Å². The minimum absolute atomic E-state index is 0.0949. The summed E-state index contributed by atoms with van der Waals surface area (Å²) in [6.45, 7) is 4.25. The lowest BCUT2D eigenvalue weighted by molar-refractivity contribution is 0.530. The van der Waals surface area contributed by atoms with Crippen molar-refractivity contribution < 1.29 is 0 Å². The first kappa shape index (κ1) is 13.8. The van der Waals surface area contributed by atoms with E-state index in [9.17, 15) is 0 Å². The average molecular weight is 319 g/mol. The topological polar surface area (TPSA) is 54.5 Å². The molecule has 98 valence electrons. The summed E-state index contributed by atoms with van der Waals surface area (Å²) in [7, 11) is 0. The molecule has 0 saturated heterocycles. The quantitative estimate of drug-likeness (QED) is 0.864. The molecule has 0 aromatic carbocycles. The van der Waals surface area contributed by atoms with Gasteiger partial charge in [0.05, 0.1) is 24.7 Å². The van der Waals surface area contributed by atoms with Crippen LogP contribution in [0.5, 0.6) is 0 Å². The van der Waals surface area contributed by atoms with Gasteiger partial charge in [-0.15, -0.1) is 0 Å². The molecule has 0 aliphatic heterocycles. The van der Waals surface area contributed by atoms with E-state index in [1.807, 2.05) is 23.1 Å². The Labute approximate surface area is 121 Å². The van der Waals surface area contributed by atoms with E-state index in [2.05, 4.69) is 45.9 Å². The maximum absolute atomic E-state index is 9.02. The largest absolute Gasteiger partial charge is 0.264 e. The monoisotopic (exact) mass is 318 g/mol. The zero-order valence-electron chi connectivity index (χ0n) is 10.9. The van der Waals surface area contributed by atoms with Crippen LogP contribution < -0.4 is 0 Å². The highest BCUT2D eigenvalue weighted by Crippen LogP contribution is 2.24. The van der Waals surface area contributed by atoms with Crippen molar-refractivity contribution >= 4 is 15.9 Å². The second kappa shape index (κ2) is 5.98. The van der Waals surface area contributed by atoms with Gasteiger partial charge in [0.1, 0.15) is 0 Å². The van der Waals surface area contributed by atoms with E-state index in [4.69, 9.17) is 5.26 Å². The molecule has 19 heavy (non-hydrogen) atoms. The molecule has 0 spiro atoms. The Morgan fingerprint density at radius 1 is 1.32 bits per heavy atom. The van der Waals surface area contributed by atoms with Crippen LogP contribution in [0.3, 0.4) is 0 Å². The highest BCUT2D eigenvalue weighted by atomic mass is 79.9. The standard InChI is InChI=1S/C14H15BrN4/c1-10(2)12-7-18-19(9-12)14(3-4-16)11-5-13(15)8-17-6-11/h5-10,14H,3H2,1-2H3. The lowest BCUT2D eigenvalue weighted by Gasteiger charge is -2.14. The molecule has 2 rings (SSSR count). The summed E-state index contributed by atoms with van der Waals surface area (Å²) in [6.07, 6.45) is 7.75. The number of pyridine rings is 1. The zero-order chi connectivity index (χ0) is 13.8. The van der Waals surface area contributed by atoms with Gasteiger partial charge in [-0.1, -0.05) is 13.8 Å². The molecule has 0 radical (unpaired) electrons. The molecule has 1 atom stereocenters. The number of aromatic nitrogens is 3. The molecule has 0 aliphatic carbocycles. The van der Waals surface area contributed by atoms with Gasteiger partial charge in [-0.25, -0.2) is 0 Å². The van der Waals surface area contributed by atoms with E-state index in [1.54, 1.807) is 12.4 Å². The summed E-state index contributed by atoms with van der Waals surface area (Å²) in [6, 6.07) is 4.10. The molecular formula is C14H15BrN4. The molecule has 0 fully saturated rings. The second-order valence-electron chi connectivity index (χ2n) is 4.72. The van der Waals surface area contributed by atoms with E-state index in [1.165, 1.54) is 5.56 Å². The van der Waals surface area contributed by atoms with E-state index >= 15 is 0 Å². The van der Waals surface area contributed by atoms with E-state index in [0.717, 1.165) is 10.0 Å². The third-order valence-electron chi connectivity index (χ3n) is 3.00. The number of hydrogen-bond acceptors (Lipinski definition) is 3. The number of halogens is 1. The summed E-state index contributed by atoms with van der Waals surface area (Å²) in [5.74, 6) is 0.428. The van der Waals surface area contributed by atoms with Gasteiger partial charge in [0, 0.05) is 23.1 Å². The Balaban J connectivity index is 2.37. The molecule has 0 saturated carbocycles. The van der Waals surface area contributed by atoms with Gasteiger partial charge in [0.25, 0.3) is 0 Å². The summed E-state index contributed by atoms with van der Waals surface area (Å²) in [5.41, 5.74) is 2.15. The van der Waals surface area contributed by atoms with Crippen LogP contribution in [0.15, 0.2) is 35.3 Å². The second-order valence-corrected chi connectivity index (χ2v) is 5.64. The number of nitrogens with zero attached hydrogens (tertiary/aromatic N) is 4. The number of nitriles is 1. The SMILES string of the molecule is CC(C)c1cnn(C(CC#N)c2cncc(Br)c2)c1. The Kier molecular flexibility index (Phi) is 4.33. The summed E-state index contributed by atoms with van der Waals surface area (Å²) < 4.78 is 2.76. The first-order valence-electron chi connectivity index (χ1n) is 6.13. The minimum atomic E-state index is -0.0949. The molecule has 0 N–H and O–H groups in total. The molecule has 1 unspecified atom stereocenters. The van der Waals surface area contributed by atoms with Gasteiger partial charge in [-0.3, -0.25) is 9.67 Å². The van der Waals surface area contributed by atoms with Crippen molar-refractivity contribution in [3.63, 3.8) is 0 Å². The Hall–Kier alpha value is -1.67. The van der Waals surface area contributed by atoms with Crippen molar-refractivity contribution in [1.29, 1.82) is 5.26 Å². The van der Waals surface area contributed by atoms with Crippen LogP contribution in [0.2, 0.25) is 0 Å². The Bertz CT molecular complexity index is 597. The van der Waals surface area contributed by atoms with Gasteiger partial charge >= 0.3 is 0 Å². The number of hydrogen-bond donors (Lipinski definition) is 0. The molecule has 2 aromatic heterocycles. The lowest BCUT2D eigenvalue weighted by atomic mass is 10.1. The van der Waals surface area contributed by atoms with Crippen molar-refractivity contribution in [2.45, 2.75) is 32.2 Å². The first-order valence-corrected chi connectivity index (χ1v) is 6.92. The van der Waals surface area contributed by atoms with Gasteiger partial charge in [0.15, 0.2) is 0 Å². The molecule has 0 aliphatic rings. The van der Waals surface area contributed by atoms with Crippen LogP contribution in [0, 0.1) is 11.3 Å². The van der Waals surface area contributed by atoms with Crippen molar-refractivity contribution in [2.24, 2.45) is 0 Å². The fourth-order valence-corrected chi connectivity index (χ4v) is 2.26. The van der Waals surface area contributed by atoms with Crippen molar-refractivity contribution in [3.8, 4) is 6.07 Å². The fourth-order valence-electron chi connectivity index (χ4n) is 1.88. The predicted molar refractivity (Wildman–Crippen MR) is 76.6 cm³/mol. The van der Waals surface area contributed by atoms with Crippen molar-refractivity contribution in [3.05, 3.63) is 46.5 Å². The van der Waals surface area contributed by atoms with Crippen LogP contribution in [-0.2, 0) is 0 Å². The van der Waals surface area contributed by atoms with E-state index in [-0.39, 0.29) is 6.04 Å². The van der Waals surface area contributed by atoms with Gasteiger partial charge in [-0.05, 0) is 39.0 Å². The summed E-state index contributed by atoms with van der Waals surface area (Å²) in [5, 5.41) is 13.4. The minimum Gasteiger partial charge on any atom is -0.264 e. The van der Waals surface area contributed by atoms with Gasteiger partial charge in [-0.2, -0.15) is 10.4 Å². The Morgan fingerprint density at radius 3 is 2.68 bits per heavy atom. The van der Waals surface area contributed by atoms with Crippen LogP contribution in [-0.4, -0.2) is 14.8 Å². The molecular weight excluding hydrogens is 304 g/mol. The average Bonchev–Trinajstić information content (AvgIpc) is 2.85. The highest BCUT2D eigenvalue weighted by Gasteiger charge is 2.16. The molecule has 0 amide bonds. The Morgan fingerprint density at radius 2 is 2.11 bits per heavy atom. The third kappa shape index (κ3) is 3.21. The molecule has 5 heteroatoms. The molecule has 0 bridgehead atoms. The lowest BCUT2D eigenvalue weighted by Crippen LogP contribution is -2.11. The summed E-state index contributed by atoms with van der Waals surface area (Å²) in [4.78, 5) is 4.16.